The number of amides is 1. The van der Waals surface area contributed by atoms with Gasteiger partial charge < -0.3 is 14.8 Å². The van der Waals surface area contributed by atoms with Gasteiger partial charge in [-0.1, -0.05) is 18.2 Å². The molecule has 0 spiro atoms. The van der Waals surface area contributed by atoms with Crippen LogP contribution in [0, 0.1) is 10.1 Å². The summed E-state index contributed by atoms with van der Waals surface area (Å²) in [5.41, 5.74) is 2.52. The molecule has 1 heterocycles. The maximum absolute atomic E-state index is 13.3. The standard InChI is InChI=1S/C24H19N3O5/c1-31-17-10-7-15(8-11-17)21-14-19(18-5-3-4-6-20(18)25-21)24(28)26-22-13-16(27(29)30)9-12-23(22)32-2/h3-14H,1-2H3,(H,26,28). The van der Waals surface area contributed by atoms with Crippen LogP contribution < -0.4 is 14.8 Å². The summed E-state index contributed by atoms with van der Waals surface area (Å²) in [4.78, 5) is 28.6. The van der Waals surface area contributed by atoms with Gasteiger partial charge in [0.2, 0.25) is 0 Å². The van der Waals surface area contributed by atoms with Crippen molar-refractivity contribution in [3.05, 3.63) is 88.5 Å². The van der Waals surface area contributed by atoms with Crippen LogP contribution in [0.4, 0.5) is 11.4 Å². The van der Waals surface area contributed by atoms with Crippen LogP contribution >= 0.6 is 0 Å². The van der Waals surface area contributed by atoms with Gasteiger partial charge >= 0.3 is 0 Å². The minimum absolute atomic E-state index is 0.153. The number of pyridine rings is 1. The fourth-order valence-electron chi connectivity index (χ4n) is 3.37. The zero-order valence-electron chi connectivity index (χ0n) is 17.4. The van der Waals surface area contributed by atoms with Gasteiger partial charge in [0.25, 0.3) is 11.6 Å². The van der Waals surface area contributed by atoms with Crippen molar-refractivity contribution in [3.63, 3.8) is 0 Å². The summed E-state index contributed by atoms with van der Waals surface area (Å²) in [6, 6.07) is 20.4. The van der Waals surface area contributed by atoms with Gasteiger partial charge in [-0.3, -0.25) is 14.9 Å². The predicted molar refractivity (Wildman–Crippen MR) is 121 cm³/mol. The van der Waals surface area contributed by atoms with E-state index >= 15 is 0 Å². The maximum Gasteiger partial charge on any atom is 0.271 e. The molecule has 3 aromatic carbocycles. The fourth-order valence-corrected chi connectivity index (χ4v) is 3.37. The molecule has 0 aliphatic heterocycles. The zero-order valence-corrected chi connectivity index (χ0v) is 17.4. The first-order valence-corrected chi connectivity index (χ1v) is 9.68. The first-order valence-electron chi connectivity index (χ1n) is 9.68. The Morgan fingerprint density at radius 1 is 0.969 bits per heavy atom. The number of carbonyl (C=O) groups excluding carboxylic acids is 1. The number of nitrogens with zero attached hydrogens (tertiary/aromatic N) is 2. The largest absolute Gasteiger partial charge is 0.497 e. The molecule has 32 heavy (non-hydrogen) atoms. The Morgan fingerprint density at radius 3 is 2.41 bits per heavy atom. The summed E-state index contributed by atoms with van der Waals surface area (Å²) in [7, 11) is 3.02. The molecule has 0 saturated carbocycles. The van der Waals surface area contributed by atoms with Crippen molar-refractivity contribution in [2.45, 2.75) is 0 Å². The van der Waals surface area contributed by atoms with E-state index in [1.165, 1.54) is 25.3 Å². The Morgan fingerprint density at radius 2 is 1.72 bits per heavy atom. The molecule has 8 heteroatoms. The van der Waals surface area contributed by atoms with Gasteiger partial charge in [0.05, 0.1) is 41.6 Å². The summed E-state index contributed by atoms with van der Waals surface area (Å²) in [6.07, 6.45) is 0. The number of ether oxygens (including phenoxy) is 2. The van der Waals surface area contributed by atoms with E-state index in [-0.39, 0.29) is 11.4 Å². The summed E-state index contributed by atoms with van der Waals surface area (Å²) in [5.74, 6) is 0.597. The molecular weight excluding hydrogens is 410 g/mol. The highest BCUT2D eigenvalue weighted by Crippen LogP contribution is 2.31. The lowest BCUT2D eigenvalue weighted by Gasteiger charge is -2.13. The summed E-state index contributed by atoms with van der Waals surface area (Å²) in [5, 5.41) is 14.6. The number of para-hydroxylation sites is 1. The third-order valence-corrected chi connectivity index (χ3v) is 4.99. The van der Waals surface area contributed by atoms with Crippen molar-refractivity contribution in [1.82, 2.24) is 4.98 Å². The Labute approximate surface area is 183 Å². The van der Waals surface area contributed by atoms with E-state index in [1.807, 2.05) is 42.5 Å². The number of nitro groups is 1. The number of hydrogen-bond donors (Lipinski definition) is 1. The average Bonchev–Trinajstić information content (AvgIpc) is 2.83. The first-order chi connectivity index (χ1) is 15.5. The van der Waals surface area contributed by atoms with Crippen LogP contribution in [0.5, 0.6) is 11.5 Å². The zero-order chi connectivity index (χ0) is 22.7. The summed E-state index contributed by atoms with van der Waals surface area (Å²) in [6.45, 7) is 0. The van der Waals surface area contributed by atoms with Gasteiger partial charge in [-0.05, 0) is 42.5 Å². The number of non-ortho nitro benzene ring substituents is 1. The van der Waals surface area contributed by atoms with E-state index in [9.17, 15) is 14.9 Å². The van der Waals surface area contributed by atoms with E-state index in [0.717, 1.165) is 5.56 Å². The van der Waals surface area contributed by atoms with E-state index < -0.39 is 10.8 Å². The van der Waals surface area contributed by atoms with Crippen molar-refractivity contribution in [2.24, 2.45) is 0 Å². The number of benzene rings is 3. The molecule has 0 atom stereocenters. The number of methoxy groups -OCH3 is 2. The highest BCUT2D eigenvalue weighted by atomic mass is 16.6. The molecule has 8 nitrogen and oxygen atoms in total. The molecule has 0 aliphatic rings. The lowest BCUT2D eigenvalue weighted by molar-refractivity contribution is -0.384. The topological polar surface area (TPSA) is 104 Å². The second-order valence-electron chi connectivity index (χ2n) is 6.90. The number of fused-ring (bicyclic) bond motifs is 1. The molecule has 0 unspecified atom stereocenters. The van der Waals surface area contributed by atoms with E-state index in [2.05, 4.69) is 10.3 Å². The van der Waals surface area contributed by atoms with Gasteiger partial charge in [-0.15, -0.1) is 0 Å². The highest BCUT2D eigenvalue weighted by molar-refractivity contribution is 6.13. The third kappa shape index (κ3) is 4.06. The van der Waals surface area contributed by atoms with Crippen molar-refractivity contribution in [1.29, 1.82) is 0 Å². The molecule has 1 amide bonds. The molecule has 160 valence electrons. The van der Waals surface area contributed by atoms with E-state index in [1.54, 1.807) is 19.2 Å². The van der Waals surface area contributed by atoms with Gasteiger partial charge in [0, 0.05) is 23.1 Å². The van der Waals surface area contributed by atoms with Gasteiger partial charge in [0.1, 0.15) is 11.5 Å². The molecule has 0 saturated heterocycles. The van der Waals surface area contributed by atoms with Crippen LogP contribution in [0.3, 0.4) is 0 Å². The van der Waals surface area contributed by atoms with Crippen molar-refractivity contribution >= 4 is 28.2 Å². The molecule has 1 aromatic heterocycles. The normalized spacial score (nSPS) is 10.6. The molecule has 0 fully saturated rings. The molecule has 4 aromatic rings. The Balaban J connectivity index is 1.79. The summed E-state index contributed by atoms with van der Waals surface area (Å²) >= 11 is 0. The number of anilines is 1. The molecule has 1 N–H and O–H groups in total. The predicted octanol–water partition coefficient (Wildman–Crippen LogP) is 5.08. The summed E-state index contributed by atoms with van der Waals surface area (Å²) < 4.78 is 10.5. The minimum atomic E-state index is -0.529. The van der Waals surface area contributed by atoms with Crippen LogP contribution in [0.15, 0.2) is 72.8 Å². The minimum Gasteiger partial charge on any atom is -0.497 e. The number of aromatic nitrogens is 1. The number of nitro benzene ring substituents is 1. The molecule has 0 aliphatic carbocycles. The lowest BCUT2D eigenvalue weighted by atomic mass is 10.0. The van der Waals surface area contributed by atoms with Crippen molar-refractivity contribution in [3.8, 4) is 22.8 Å². The van der Waals surface area contributed by atoms with Crippen LogP contribution in [0.25, 0.3) is 22.2 Å². The fraction of sp³-hybridized carbons (Fsp3) is 0.0833. The number of rotatable bonds is 6. The maximum atomic E-state index is 13.3. The number of carbonyl (C=O) groups is 1. The van der Waals surface area contributed by atoms with Crippen LogP contribution in [0.2, 0.25) is 0 Å². The second-order valence-corrected chi connectivity index (χ2v) is 6.90. The monoisotopic (exact) mass is 429 g/mol. The van der Waals surface area contributed by atoms with Crippen molar-refractivity contribution in [2.75, 3.05) is 19.5 Å². The Bertz CT molecular complexity index is 1320. The van der Waals surface area contributed by atoms with Crippen LogP contribution in [-0.2, 0) is 0 Å². The van der Waals surface area contributed by atoms with E-state index in [4.69, 9.17) is 9.47 Å². The quantitative estimate of drug-likeness (QED) is 0.339. The first kappa shape index (κ1) is 20.8. The molecule has 4 rings (SSSR count). The number of nitrogens with one attached hydrogen (secondary N) is 1. The lowest BCUT2D eigenvalue weighted by Crippen LogP contribution is -2.14. The van der Waals surface area contributed by atoms with Gasteiger partial charge in [-0.25, -0.2) is 4.98 Å². The SMILES string of the molecule is COc1ccc(-c2cc(C(=O)Nc3cc([N+](=O)[O-])ccc3OC)c3ccccc3n2)cc1. The third-order valence-electron chi connectivity index (χ3n) is 4.99. The number of hydrogen-bond acceptors (Lipinski definition) is 6. The second kappa shape index (κ2) is 8.73. The molecule has 0 radical (unpaired) electrons. The van der Waals surface area contributed by atoms with Crippen LogP contribution in [0.1, 0.15) is 10.4 Å². The molecular formula is C24H19N3O5. The average molecular weight is 429 g/mol. The van der Waals surface area contributed by atoms with Crippen molar-refractivity contribution < 1.29 is 19.2 Å². The van der Waals surface area contributed by atoms with Crippen LogP contribution in [-0.4, -0.2) is 30.0 Å². The smallest absolute Gasteiger partial charge is 0.271 e. The van der Waals surface area contributed by atoms with Gasteiger partial charge in [0.15, 0.2) is 0 Å². The van der Waals surface area contributed by atoms with Gasteiger partial charge in [-0.2, -0.15) is 0 Å². The van der Waals surface area contributed by atoms with E-state index in [0.29, 0.717) is 33.7 Å². The Hall–Kier alpha value is -4.46. The Kier molecular flexibility index (Phi) is 5.67. The molecule has 0 bridgehead atoms. The highest BCUT2D eigenvalue weighted by Gasteiger charge is 2.18.